The average Bonchev–Trinajstić information content (AvgIpc) is 2.63. The van der Waals surface area contributed by atoms with Gasteiger partial charge in [0.15, 0.2) is 0 Å². The second-order valence-corrected chi connectivity index (χ2v) is 5.19. The highest BCUT2D eigenvalue weighted by atomic mass is 16.5. The number of hydrogen-bond donors (Lipinski definition) is 1. The molecule has 0 unspecified atom stereocenters. The predicted octanol–water partition coefficient (Wildman–Crippen LogP) is 1.98. The normalized spacial score (nSPS) is 14.5. The summed E-state index contributed by atoms with van der Waals surface area (Å²) >= 11 is 0. The summed E-state index contributed by atoms with van der Waals surface area (Å²) in [4.78, 5) is 24.3. The molecule has 7 heteroatoms. The van der Waals surface area contributed by atoms with E-state index >= 15 is 0 Å². The fraction of sp³-hybridized carbons (Fsp3) is 0.312. The zero-order valence-corrected chi connectivity index (χ0v) is 13.0. The molecule has 2 aromatic rings. The number of nitrogens with zero attached hydrogens (tertiary/aromatic N) is 4. The number of benzene rings is 1. The molecule has 0 radical (unpaired) electrons. The molecular formula is C16H19N5O2. The molecule has 1 aliphatic heterocycles. The van der Waals surface area contributed by atoms with Gasteiger partial charge in [-0.05, 0) is 30.3 Å². The minimum absolute atomic E-state index is 0.464. The van der Waals surface area contributed by atoms with Gasteiger partial charge in [-0.3, -0.25) is 5.32 Å². The van der Waals surface area contributed by atoms with E-state index in [0.29, 0.717) is 0 Å². The highest BCUT2D eigenvalue weighted by Crippen LogP contribution is 2.20. The van der Waals surface area contributed by atoms with Gasteiger partial charge in [-0.15, -0.1) is 0 Å². The van der Waals surface area contributed by atoms with E-state index in [-0.39, 0.29) is 0 Å². The van der Waals surface area contributed by atoms with Gasteiger partial charge in [0.25, 0.3) is 0 Å². The summed E-state index contributed by atoms with van der Waals surface area (Å²) in [6.45, 7) is 3.57. The van der Waals surface area contributed by atoms with E-state index in [4.69, 9.17) is 0 Å². The fourth-order valence-electron chi connectivity index (χ4n) is 2.54. The monoisotopic (exact) mass is 313 g/mol. The first kappa shape index (κ1) is 15.1. The quantitative estimate of drug-likeness (QED) is 0.934. The first-order chi connectivity index (χ1) is 11.3. The summed E-state index contributed by atoms with van der Waals surface area (Å²) in [7, 11) is 1.35. The van der Waals surface area contributed by atoms with Crippen molar-refractivity contribution in [2.45, 2.75) is 0 Å². The van der Waals surface area contributed by atoms with Crippen molar-refractivity contribution in [1.82, 2.24) is 9.97 Å². The second kappa shape index (κ2) is 6.95. The van der Waals surface area contributed by atoms with Crippen LogP contribution in [0.5, 0.6) is 0 Å². The number of hydrogen-bond acceptors (Lipinski definition) is 6. The standard InChI is InChI=1S/C16H19N5O2/c1-23-16(22)19-13-3-5-14(6-4-13)20-9-11-21(12-10-20)15-17-7-2-8-18-15/h2-8H,9-12H2,1H3,(H,19,22). The van der Waals surface area contributed by atoms with Crippen LogP contribution in [0.15, 0.2) is 42.7 Å². The molecule has 1 aliphatic rings. The van der Waals surface area contributed by atoms with Crippen LogP contribution in [0.1, 0.15) is 0 Å². The number of rotatable bonds is 3. The van der Waals surface area contributed by atoms with Crippen molar-refractivity contribution in [3.8, 4) is 0 Å². The lowest BCUT2D eigenvalue weighted by atomic mass is 10.2. The van der Waals surface area contributed by atoms with Gasteiger partial charge in [-0.1, -0.05) is 0 Å². The molecule has 0 atom stereocenters. The zero-order valence-electron chi connectivity index (χ0n) is 13.0. The third kappa shape index (κ3) is 3.68. The van der Waals surface area contributed by atoms with E-state index < -0.39 is 6.09 Å². The lowest BCUT2D eigenvalue weighted by Crippen LogP contribution is -2.47. The van der Waals surface area contributed by atoms with E-state index in [0.717, 1.165) is 43.5 Å². The Morgan fingerprint density at radius 2 is 1.65 bits per heavy atom. The number of anilines is 3. The maximum atomic E-state index is 11.2. The lowest BCUT2D eigenvalue weighted by Gasteiger charge is -2.36. The summed E-state index contributed by atoms with van der Waals surface area (Å²) in [6, 6.07) is 9.57. The van der Waals surface area contributed by atoms with Gasteiger partial charge in [0, 0.05) is 49.9 Å². The predicted molar refractivity (Wildman–Crippen MR) is 88.9 cm³/mol. The molecule has 1 aromatic carbocycles. The smallest absolute Gasteiger partial charge is 0.411 e. The van der Waals surface area contributed by atoms with Gasteiger partial charge in [0.1, 0.15) is 0 Å². The van der Waals surface area contributed by atoms with E-state index in [1.807, 2.05) is 30.3 Å². The van der Waals surface area contributed by atoms with Crippen molar-refractivity contribution in [3.63, 3.8) is 0 Å². The molecular weight excluding hydrogens is 294 g/mol. The molecule has 0 saturated carbocycles. The van der Waals surface area contributed by atoms with Crippen LogP contribution in [0.25, 0.3) is 0 Å². The number of amides is 1. The highest BCUT2D eigenvalue weighted by molar-refractivity contribution is 5.84. The van der Waals surface area contributed by atoms with Crippen LogP contribution >= 0.6 is 0 Å². The third-order valence-electron chi connectivity index (χ3n) is 3.78. The Hall–Kier alpha value is -2.83. The minimum Gasteiger partial charge on any atom is -0.453 e. The van der Waals surface area contributed by atoms with Crippen molar-refractivity contribution in [2.24, 2.45) is 0 Å². The molecule has 1 N–H and O–H groups in total. The van der Waals surface area contributed by atoms with Gasteiger partial charge in [-0.2, -0.15) is 0 Å². The Labute approximate surface area is 134 Å². The van der Waals surface area contributed by atoms with Gasteiger partial charge in [0.2, 0.25) is 5.95 Å². The van der Waals surface area contributed by atoms with Crippen molar-refractivity contribution >= 4 is 23.4 Å². The zero-order chi connectivity index (χ0) is 16.1. The molecule has 1 aromatic heterocycles. The Kier molecular flexibility index (Phi) is 4.56. The Morgan fingerprint density at radius 1 is 1.04 bits per heavy atom. The molecule has 7 nitrogen and oxygen atoms in total. The summed E-state index contributed by atoms with van der Waals surface area (Å²) in [5.41, 5.74) is 1.85. The largest absolute Gasteiger partial charge is 0.453 e. The fourth-order valence-corrected chi connectivity index (χ4v) is 2.54. The topological polar surface area (TPSA) is 70.6 Å². The van der Waals surface area contributed by atoms with Crippen molar-refractivity contribution < 1.29 is 9.53 Å². The molecule has 0 aliphatic carbocycles. The van der Waals surface area contributed by atoms with Crippen molar-refractivity contribution in [2.75, 3.05) is 48.4 Å². The first-order valence-electron chi connectivity index (χ1n) is 7.48. The molecule has 1 amide bonds. The Morgan fingerprint density at radius 3 is 2.26 bits per heavy atom. The maximum Gasteiger partial charge on any atom is 0.411 e. The van der Waals surface area contributed by atoms with Gasteiger partial charge in [0.05, 0.1) is 7.11 Å². The number of carbonyl (C=O) groups excluding carboxylic acids is 1. The van der Waals surface area contributed by atoms with Crippen LogP contribution in [0.3, 0.4) is 0 Å². The minimum atomic E-state index is -0.464. The number of ether oxygens (including phenoxy) is 1. The SMILES string of the molecule is COC(=O)Nc1ccc(N2CCN(c3ncccn3)CC2)cc1. The molecule has 1 saturated heterocycles. The molecule has 3 rings (SSSR count). The number of methoxy groups -OCH3 is 1. The summed E-state index contributed by atoms with van der Waals surface area (Å²) in [5.74, 6) is 0.782. The van der Waals surface area contributed by atoms with Gasteiger partial charge in [-0.25, -0.2) is 14.8 Å². The number of aromatic nitrogens is 2. The second-order valence-electron chi connectivity index (χ2n) is 5.19. The lowest BCUT2D eigenvalue weighted by molar-refractivity contribution is 0.187. The molecule has 2 heterocycles. The highest BCUT2D eigenvalue weighted by Gasteiger charge is 2.18. The van der Waals surface area contributed by atoms with Crippen LogP contribution in [0, 0.1) is 0 Å². The Bertz CT molecular complexity index is 639. The van der Waals surface area contributed by atoms with Crippen LogP contribution in [-0.2, 0) is 4.74 Å². The molecule has 120 valence electrons. The molecule has 0 bridgehead atoms. The van der Waals surface area contributed by atoms with E-state index in [1.54, 1.807) is 12.4 Å². The van der Waals surface area contributed by atoms with Gasteiger partial charge < -0.3 is 14.5 Å². The molecule has 23 heavy (non-hydrogen) atoms. The summed E-state index contributed by atoms with van der Waals surface area (Å²) in [6.07, 6.45) is 3.07. The van der Waals surface area contributed by atoms with E-state index in [1.165, 1.54) is 7.11 Å². The van der Waals surface area contributed by atoms with Crippen LogP contribution in [-0.4, -0.2) is 49.4 Å². The van der Waals surface area contributed by atoms with E-state index in [2.05, 4.69) is 29.8 Å². The van der Waals surface area contributed by atoms with Crippen molar-refractivity contribution in [1.29, 1.82) is 0 Å². The third-order valence-corrected chi connectivity index (χ3v) is 3.78. The van der Waals surface area contributed by atoms with Crippen LogP contribution < -0.4 is 15.1 Å². The van der Waals surface area contributed by atoms with Crippen LogP contribution in [0.4, 0.5) is 22.1 Å². The van der Waals surface area contributed by atoms with Gasteiger partial charge >= 0.3 is 6.09 Å². The molecule has 1 fully saturated rings. The maximum absolute atomic E-state index is 11.2. The summed E-state index contributed by atoms with van der Waals surface area (Å²) in [5, 5.41) is 2.65. The van der Waals surface area contributed by atoms with Crippen molar-refractivity contribution in [3.05, 3.63) is 42.7 Å². The Balaban J connectivity index is 1.58. The van der Waals surface area contributed by atoms with Crippen LogP contribution in [0.2, 0.25) is 0 Å². The number of carbonyl (C=O) groups is 1. The average molecular weight is 313 g/mol. The van der Waals surface area contributed by atoms with E-state index in [9.17, 15) is 4.79 Å². The number of nitrogens with one attached hydrogen (secondary N) is 1. The number of piperazine rings is 1. The summed E-state index contributed by atoms with van der Waals surface area (Å²) < 4.78 is 4.58. The molecule has 0 spiro atoms. The first-order valence-corrected chi connectivity index (χ1v) is 7.48.